The van der Waals surface area contributed by atoms with E-state index >= 15 is 0 Å². The molecule has 1 aromatic heterocycles. The van der Waals surface area contributed by atoms with Crippen molar-refractivity contribution in [2.75, 3.05) is 16.0 Å². The molecule has 4 aromatic rings. The van der Waals surface area contributed by atoms with Crippen molar-refractivity contribution in [1.82, 2.24) is 9.78 Å². The molecule has 3 aromatic carbocycles. The highest BCUT2D eigenvalue weighted by atomic mass is 16.2. The van der Waals surface area contributed by atoms with Crippen LogP contribution in [0.2, 0.25) is 0 Å². The molecule has 0 unspecified atom stereocenters. The van der Waals surface area contributed by atoms with Crippen LogP contribution in [0.1, 0.15) is 12.0 Å². The van der Waals surface area contributed by atoms with Gasteiger partial charge in [0.05, 0.1) is 11.9 Å². The summed E-state index contributed by atoms with van der Waals surface area (Å²) in [7, 11) is 0. The summed E-state index contributed by atoms with van der Waals surface area (Å²) in [5, 5.41) is 12.8. The number of nitrogens with zero attached hydrogens (tertiary/aromatic N) is 2. The van der Waals surface area contributed by atoms with E-state index in [4.69, 9.17) is 0 Å². The highest BCUT2D eigenvalue weighted by molar-refractivity contribution is 6.00. The van der Waals surface area contributed by atoms with E-state index in [1.807, 2.05) is 54.7 Å². The maximum absolute atomic E-state index is 12.4. The molecule has 0 spiro atoms. The second-order valence-corrected chi connectivity index (χ2v) is 7.20. The first kappa shape index (κ1) is 20.9. The summed E-state index contributed by atoms with van der Waals surface area (Å²) < 4.78 is 1.79. The number of hydrogen-bond donors (Lipinski definition) is 3. The van der Waals surface area contributed by atoms with Crippen molar-refractivity contribution in [3.63, 3.8) is 0 Å². The number of para-hydroxylation sites is 2. The zero-order valence-electron chi connectivity index (χ0n) is 17.4. The Balaban J connectivity index is 1.28. The minimum Gasteiger partial charge on any atom is -0.326 e. The first-order valence-electron chi connectivity index (χ1n) is 10.3. The molecule has 7 nitrogen and oxygen atoms in total. The van der Waals surface area contributed by atoms with Crippen LogP contribution in [0.15, 0.2) is 97.3 Å². The Morgan fingerprint density at radius 3 is 2.12 bits per heavy atom. The number of aryl methyl sites for hydroxylation is 1. The zero-order chi connectivity index (χ0) is 22.2. The summed E-state index contributed by atoms with van der Waals surface area (Å²) in [6.45, 7) is 0. The van der Waals surface area contributed by atoms with E-state index in [2.05, 4.69) is 21.0 Å². The van der Waals surface area contributed by atoms with Crippen molar-refractivity contribution in [2.24, 2.45) is 0 Å². The van der Waals surface area contributed by atoms with E-state index in [1.165, 1.54) is 0 Å². The molecule has 0 saturated carbocycles. The number of nitrogens with one attached hydrogen (secondary N) is 3. The molecular formula is C25H23N5O2. The number of urea groups is 1. The summed E-state index contributed by atoms with van der Waals surface area (Å²) in [4.78, 5) is 24.6. The van der Waals surface area contributed by atoms with Gasteiger partial charge in [-0.15, -0.1) is 0 Å². The minimum absolute atomic E-state index is 0.108. The molecule has 0 saturated heterocycles. The Kier molecular flexibility index (Phi) is 6.57. The number of anilines is 3. The van der Waals surface area contributed by atoms with Gasteiger partial charge < -0.3 is 16.0 Å². The summed E-state index contributed by atoms with van der Waals surface area (Å²) in [6.07, 6.45) is 4.61. The van der Waals surface area contributed by atoms with Gasteiger partial charge in [-0.05, 0) is 54.4 Å². The standard InChI is InChI=1S/C25H23N5O2/c31-24(15-14-19-17-26-30(18-19)23-12-5-2-6-13-23)27-21-10-7-11-22(16-21)29-25(32)28-20-8-3-1-4-9-20/h1-13,16-18H,14-15H2,(H,27,31)(H2,28,29,32). The molecule has 3 N–H and O–H groups in total. The molecule has 4 rings (SSSR count). The van der Waals surface area contributed by atoms with Gasteiger partial charge in [0, 0.05) is 29.7 Å². The quantitative estimate of drug-likeness (QED) is 0.385. The van der Waals surface area contributed by atoms with E-state index in [-0.39, 0.29) is 11.9 Å². The first-order chi connectivity index (χ1) is 15.7. The van der Waals surface area contributed by atoms with Crippen molar-refractivity contribution in [2.45, 2.75) is 12.8 Å². The van der Waals surface area contributed by atoms with Crippen LogP contribution in [0.25, 0.3) is 5.69 Å². The highest BCUT2D eigenvalue weighted by Crippen LogP contribution is 2.17. The van der Waals surface area contributed by atoms with Crippen molar-refractivity contribution < 1.29 is 9.59 Å². The van der Waals surface area contributed by atoms with E-state index in [0.717, 1.165) is 11.3 Å². The van der Waals surface area contributed by atoms with E-state index in [1.54, 1.807) is 47.3 Å². The van der Waals surface area contributed by atoms with Gasteiger partial charge in [-0.25, -0.2) is 9.48 Å². The minimum atomic E-state index is -0.352. The largest absolute Gasteiger partial charge is 0.326 e. The molecule has 0 fully saturated rings. The molecule has 0 radical (unpaired) electrons. The van der Waals surface area contributed by atoms with Crippen molar-refractivity contribution in [3.8, 4) is 5.69 Å². The number of aromatic nitrogens is 2. The third-order valence-electron chi connectivity index (χ3n) is 4.73. The number of amides is 3. The maximum Gasteiger partial charge on any atom is 0.323 e. The maximum atomic E-state index is 12.4. The number of carbonyl (C=O) groups is 2. The molecular weight excluding hydrogens is 402 g/mol. The van der Waals surface area contributed by atoms with Crippen LogP contribution in [-0.2, 0) is 11.2 Å². The predicted octanol–water partition coefficient (Wildman–Crippen LogP) is 5.09. The lowest BCUT2D eigenvalue weighted by molar-refractivity contribution is -0.116. The third-order valence-corrected chi connectivity index (χ3v) is 4.73. The fraction of sp³-hybridized carbons (Fsp3) is 0.0800. The zero-order valence-corrected chi connectivity index (χ0v) is 17.4. The summed E-state index contributed by atoms with van der Waals surface area (Å²) >= 11 is 0. The van der Waals surface area contributed by atoms with Gasteiger partial charge in [-0.2, -0.15) is 5.10 Å². The Labute approximate surface area is 186 Å². The molecule has 0 aliphatic carbocycles. The van der Waals surface area contributed by atoms with Gasteiger partial charge in [0.1, 0.15) is 0 Å². The van der Waals surface area contributed by atoms with Crippen LogP contribution in [0.4, 0.5) is 21.9 Å². The number of benzene rings is 3. The smallest absolute Gasteiger partial charge is 0.323 e. The molecule has 0 aliphatic rings. The average Bonchev–Trinajstić information content (AvgIpc) is 3.28. The van der Waals surface area contributed by atoms with Crippen molar-refractivity contribution in [1.29, 1.82) is 0 Å². The Morgan fingerprint density at radius 2 is 1.38 bits per heavy atom. The number of carbonyl (C=O) groups excluding carboxylic acids is 2. The molecule has 0 bridgehead atoms. The van der Waals surface area contributed by atoms with Crippen LogP contribution in [0, 0.1) is 0 Å². The molecule has 3 amide bonds. The molecule has 160 valence electrons. The Bertz CT molecular complexity index is 1190. The van der Waals surface area contributed by atoms with Crippen LogP contribution in [0.5, 0.6) is 0 Å². The molecule has 32 heavy (non-hydrogen) atoms. The van der Waals surface area contributed by atoms with Crippen LogP contribution in [-0.4, -0.2) is 21.7 Å². The lowest BCUT2D eigenvalue weighted by atomic mass is 10.2. The number of rotatable bonds is 7. The van der Waals surface area contributed by atoms with Gasteiger partial charge in [0.2, 0.25) is 5.91 Å². The topological polar surface area (TPSA) is 88.1 Å². The van der Waals surface area contributed by atoms with Gasteiger partial charge in [0.25, 0.3) is 0 Å². The van der Waals surface area contributed by atoms with Crippen molar-refractivity contribution in [3.05, 3.63) is 103 Å². The van der Waals surface area contributed by atoms with Crippen LogP contribution < -0.4 is 16.0 Å². The van der Waals surface area contributed by atoms with E-state index in [0.29, 0.717) is 29.9 Å². The summed E-state index contributed by atoms with van der Waals surface area (Å²) in [6, 6.07) is 25.7. The fourth-order valence-corrected chi connectivity index (χ4v) is 3.18. The molecule has 0 atom stereocenters. The number of hydrogen-bond acceptors (Lipinski definition) is 3. The lowest BCUT2D eigenvalue weighted by Crippen LogP contribution is -2.19. The lowest BCUT2D eigenvalue weighted by Gasteiger charge is -2.10. The third kappa shape index (κ3) is 5.82. The molecule has 1 heterocycles. The van der Waals surface area contributed by atoms with Gasteiger partial charge in [-0.1, -0.05) is 42.5 Å². The van der Waals surface area contributed by atoms with Crippen LogP contribution in [0.3, 0.4) is 0 Å². The molecule has 0 aliphatic heterocycles. The second kappa shape index (κ2) is 10.1. The normalized spacial score (nSPS) is 10.4. The Morgan fingerprint density at radius 1 is 0.750 bits per heavy atom. The SMILES string of the molecule is O=C(CCc1cnn(-c2ccccc2)c1)Nc1cccc(NC(=O)Nc2ccccc2)c1. The van der Waals surface area contributed by atoms with E-state index < -0.39 is 0 Å². The molecule has 7 heteroatoms. The first-order valence-corrected chi connectivity index (χ1v) is 10.3. The average molecular weight is 425 g/mol. The Hall–Kier alpha value is -4.39. The monoisotopic (exact) mass is 425 g/mol. The van der Waals surface area contributed by atoms with Gasteiger partial charge >= 0.3 is 6.03 Å². The fourth-order valence-electron chi connectivity index (χ4n) is 3.18. The summed E-state index contributed by atoms with van der Waals surface area (Å²) in [5.74, 6) is -0.108. The second-order valence-electron chi connectivity index (χ2n) is 7.20. The van der Waals surface area contributed by atoms with Crippen molar-refractivity contribution >= 4 is 29.0 Å². The predicted molar refractivity (Wildman–Crippen MR) is 126 cm³/mol. The van der Waals surface area contributed by atoms with Gasteiger partial charge in [0.15, 0.2) is 0 Å². The van der Waals surface area contributed by atoms with Crippen LogP contribution >= 0.6 is 0 Å². The summed E-state index contributed by atoms with van der Waals surface area (Å²) in [5.41, 5.74) is 3.86. The van der Waals surface area contributed by atoms with Gasteiger partial charge in [-0.3, -0.25) is 4.79 Å². The van der Waals surface area contributed by atoms with E-state index in [9.17, 15) is 9.59 Å². The highest BCUT2D eigenvalue weighted by Gasteiger charge is 2.08.